The average molecular weight is 332 g/mol. The Morgan fingerprint density at radius 1 is 1.08 bits per heavy atom. The van der Waals surface area contributed by atoms with Gasteiger partial charge in [-0.3, -0.25) is 0 Å². The van der Waals surface area contributed by atoms with E-state index in [0.29, 0.717) is 17.2 Å². The molecule has 0 unspecified atom stereocenters. The van der Waals surface area contributed by atoms with Crippen molar-refractivity contribution in [2.24, 2.45) is 5.18 Å². The van der Waals surface area contributed by atoms with Gasteiger partial charge in [0.05, 0.1) is 16.8 Å². The van der Waals surface area contributed by atoms with Gasteiger partial charge in [-0.15, -0.1) is 4.91 Å². The predicted molar refractivity (Wildman–Crippen MR) is 103 cm³/mol. The molecule has 25 heavy (non-hydrogen) atoms. The predicted octanol–water partition coefficient (Wildman–Crippen LogP) is 6.15. The molecule has 4 rings (SSSR count). The number of rotatable bonds is 3. The highest BCUT2D eigenvalue weighted by atomic mass is 16.3. The molecule has 0 amide bonds. The lowest BCUT2D eigenvalue weighted by molar-refractivity contribution is 0.482. The van der Waals surface area contributed by atoms with Crippen LogP contribution in [0.5, 0.6) is 5.75 Å². The Morgan fingerprint density at radius 3 is 2.44 bits per heavy atom. The maximum atomic E-state index is 11.6. The highest BCUT2D eigenvalue weighted by Crippen LogP contribution is 2.51. The van der Waals surface area contributed by atoms with Crippen LogP contribution in [-0.2, 0) is 6.54 Å². The summed E-state index contributed by atoms with van der Waals surface area (Å²) in [5, 5.41) is 16.8. The molecule has 0 spiro atoms. The van der Waals surface area contributed by atoms with Crippen molar-refractivity contribution >= 4 is 27.4 Å². The molecule has 126 valence electrons. The molecule has 1 aliphatic heterocycles. The molecule has 0 bridgehead atoms. The number of hydrogen-bond acceptors (Lipinski definition) is 3. The summed E-state index contributed by atoms with van der Waals surface area (Å²) in [7, 11) is 0. The molecule has 0 aromatic heterocycles. The van der Waals surface area contributed by atoms with Crippen LogP contribution in [0.3, 0.4) is 0 Å². The summed E-state index contributed by atoms with van der Waals surface area (Å²) in [6.07, 6.45) is 0. The van der Waals surface area contributed by atoms with E-state index in [9.17, 15) is 10.0 Å². The molecule has 0 saturated heterocycles. The first-order chi connectivity index (χ1) is 12.1. The van der Waals surface area contributed by atoms with Gasteiger partial charge in [0.25, 0.3) is 0 Å². The third kappa shape index (κ3) is 2.07. The largest absolute Gasteiger partial charge is 0.506 e. The molecule has 0 saturated carbocycles. The van der Waals surface area contributed by atoms with Gasteiger partial charge in [0.2, 0.25) is 0 Å². The number of nitrogens with zero attached hydrogens (tertiary/aromatic N) is 2. The third-order valence-corrected chi connectivity index (χ3v) is 5.06. The lowest BCUT2D eigenvalue weighted by atomic mass is 9.98. The van der Waals surface area contributed by atoms with Crippen molar-refractivity contribution in [1.29, 1.82) is 0 Å². The Labute approximate surface area is 146 Å². The van der Waals surface area contributed by atoms with Gasteiger partial charge >= 0.3 is 0 Å². The first-order valence-corrected chi connectivity index (χ1v) is 8.61. The van der Waals surface area contributed by atoms with E-state index in [1.165, 1.54) is 0 Å². The quantitative estimate of drug-likeness (QED) is 0.458. The summed E-state index contributed by atoms with van der Waals surface area (Å²) in [5.74, 6) is 0.500. The fourth-order valence-electron chi connectivity index (χ4n) is 3.80. The number of aromatic hydroxyl groups is 1. The second kappa shape index (κ2) is 5.59. The van der Waals surface area contributed by atoms with E-state index in [2.05, 4.69) is 42.6 Å². The van der Waals surface area contributed by atoms with Gasteiger partial charge in [-0.05, 0) is 35.7 Å². The molecule has 1 aliphatic carbocycles. The number of nitroso groups, excluding NO2 is 1. The van der Waals surface area contributed by atoms with E-state index in [1.807, 2.05) is 30.3 Å². The number of fused-ring (bicyclic) bond motifs is 4. The standard InChI is InChI=1S/C21H20N2O2/c1-4-23-17-10-9-13(12(2)3)11-16(17)21(24)18-19(22-25)14-7-5-6-8-15(14)20(18)23/h5-12,24H,4H2,1-3H3. The Kier molecular flexibility index (Phi) is 3.49. The van der Waals surface area contributed by atoms with Crippen LogP contribution in [0.15, 0.2) is 47.6 Å². The van der Waals surface area contributed by atoms with Crippen LogP contribution in [0.4, 0.5) is 5.69 Å². The second-order valence-corrected chi connectivity index (χ2v) is 6.73. The van der Waals surface area contributed by atoms with Crippen LogP contribution in [-0.4, -0.2) is 9.67 Å². The highest BCUT2D eigenvalue weighted by molar-refractivity contribution is 6.16. The Bertz CT molecular complexity index is 1090. The van der Waals surface area contributed by atoms with Crippen molar-refractivity contribution in [2.45, 2.75) is 33.2 Å². The summed E-state index contributed by atoms with van der Waals surface area (Å²) in [6.45, 7) is 7.06. The summed E-state index contributed by atoms with van der Waals surface area (Å²) >= 11 is 0. The SMILES string of the molecule is CCn1c2c3ccccc3c(N=O)c-2c(O)c2cc(C(C)C)ccc21. The van der Waals surface area contributed by atoms with Gasteiger partial charge in [0.15, 0.2) is 0 Å². The monoisotopic (exact) mass is 332 g/mol. The molecule has 2 aromatic carbocycles. The maximum Gasteiger partial charge on any atom is 0.136 e. The molecule has 1 heterocycles. The third-order valence-electron chi connectivity index (χ3n) is 5.06. The van der Waals surface area contributed by atoms with E-state index in [-0.39, 0.29) is 5.75 Å². The zero-order valence-corrected chi connectivity index (χ0v) is 14.6. The minimum absolute atomic E-state index is 0.142. The molecule has 2 aliphatic rings. The van der Waals surface area contributed by atoms with Gasteiger partial charge in [0.1, 0.15) is 11.4 Å². The summed E-state index contributed by atoms with van der Waals surface area (Å²) < 4.78 is 2.16. The van der Waals surface area contributed by atoms with E-state index >= 15 is 0 Å². The van der Waals surface area contributed by atoms with E-state index in [1.54, 1.807) is 0 Å². The van der Waals surface area contributed by atoms with E-state index < -0.39 is 0 Å². The van der Waals surface area contributed by atoms with Gasteiger partial charge in [-0.25, -0.2) is 0 Å². The van der Waals surface area contributed by atoms with Crippen molar-refractivity contribution in [3.63, 3.8) is 0 Å². The summed E-state index contributed by atoms with van der Waals surface area (Å²) in [5.41, 5.74) is 3.86. The Morgan fingerprint density at radius 2 is 1.80 bits per heavy atom. The van der Waals surface area contributed by atoms with Gasteiger partial charge in [-0.2, -0.15) is 0 Å². The number of hydrogen-bond donors (Lipinski definition) is 1. The van der Waals surface area contributed by atoms with Crippen LogP contribution < -0.4 is 0 Å². The van der Waals surface area contributed by atoms with Gasteiger partial charge in [-0.1, -0.05) is 44.2 Å². The first-order valence-electron chi connectivity index (χ1n) is 8.61. The van der Waals surface area contributed by atoms with Crippen molar-refractivity contribution in [3.8, 4) is 17.0 Å². The minimum Gasteiger partial charge on any atom is -0.506 e. The highest BCUT2D eigenvalue weighted by Gasteiger charge is 2.27. The van der Waals surface area contributed by atoms with Crippen LogP contribution in [0.2, 0.25) is 0 Å². The molecule has 2 aromatic rings. The molecule has 0 fully saturated rings. The van der Waals surface area contributed by atoms with Crippen LogP contribution in [0.1, 0.15) is 32.3 Å². The molecule has 4 heteroatoms. The van der Waals surface area contributed by atoms with Crippen molar-refractivity contribution in [1.82, 2.24) is 4.57 Å². The minimum atomic E-state index is 0.142. The summed E-state index contributed by atoms with van der Waals surface area (Å²) in [6, 6.07) is 13.9. The van der Waals surface area contributed by atoms with Crippen molar-refractivity contribution in [2.75, 3.05) is 0 Å². The lowest BCUT2D eigenvalue weighted by Gasteiger charge is -2.19. The Balaban J connectivity index is 2.29. The average Bonchev–Trinajstić information content (AvgIpc) is 2.96. The molecule has 0 radical (unpaired) electrons. The lowest BCUT2D eigenvalue weighted by Crippen LogP contribution is -2.03. The number of benzene rings is 2. The Hall–Kier alpha value is -2.88. The van der Waals surface area contributed by atoms with Crippen LogP contribution >= 0.6 is 0 Å². The zero-order valence-electron chi connectivity index (χ0n) is 14.6. The molecular formula is C21H20N2O2. The van der Waals surface area contributed by atoms with Gasteiger partial charge < -0.3 is 9.67 Å². The fourth-order valence-corrected chi connectivity index (χ4v) is 3.80. The second-order valence-electron chi connectivity index (χ2n) is 6.73. The van der Waals surface area contributed by atoms with Gasteiger partial charge in [0, 0.05) is 22.7 Å². The number of aryl methyl sites for hydroxylation is 1. The van der Waals surface area contributed by atoms with E-state index in [4.69, 9.17) is 0 Å². The smallest absolute Gasteiger partial charge is 0.136 e. The first kappa shape index (κ1) is 15.6. The molecule has 4 nitrogen and oxygen atoms in total. The molecule has 1 N–H and O–H groups in total. The fraction of sp³-hybridized carbons (Fsp3) is 0.238. The van der Waals surface area contributed by atoms with Crippen molar-refractivity contribution in [3.05, 3.63) is 52.9 Å². The topological polar surface area (TPSA) is 54.6 Å². The normalized spacial score (nSPS) is 11.8. The number of pyridine rings is 1. The number of aromatic nitrogens is 1. The molecule has 0 atom stereocenters. The molecular weight excluding hydrogens is 312 g/mol. The van der Waals surface area contributed by atoms with Crippen molar-refractivity contribution < 1.29 is 5.11 Å². The van der Waals surface area contributed by atoms with E-state index in [0.717, 1.165) is 39.5 Å². The maximum absolute atomic E-state index is 11.6. The van der Waals surface area contributed by atoms with Crippen LogP contribution in [0, 0.1) is 4.91 Å². The summed E-state index contributed by atoms with van der Waals surface area (Å²) in [4.78, 5) is 11.6. The zero-order chi connectivity index (χ0) is 17.7. The van der Waals surface area contributed by atoms with Crippen LogP contribution in [0.25, 0.3) is 32.9 Å².